The second-order valence-corrected chi connectivity index (χ2v) is 9.20. The SMILES string of the molecule is C[C@@H]1O[C@@H](CI)[C@@H](OCc2ccccc2)[C@H](OCc2ccccc2)[C@@H]1OCc1ccccc1. The van der Waals surface area contributed by atoms with Crippen molar-refractivity contribution in [3.63, 3.8) is 0 Å². The van der Waals surface area contributed by atoms with Crippen LogP contribution in [0.15, 0.2) is 91.0 Å². The highest BCUT2D eigenvalue weighted by atomic mass is 127. The Morgan fingerprint density at radius 1 is 0.606 bits per heavy atom. The van der Waals surface area contributed by atoms with Gasteiger partial charge in [0.05, 0.1) is 32.0 Å². The zero-order valence-corrected chi connectivity index (χ0v) is 21.0. The third kappa shape index (κ3) is 6.87. The van der Waals surface area contributed by atoms with E-state index in [0.29, 0.717) is 19.8 Å². The van der Waals surface area contributed by atoms with Crippen molar-refractivity contribution in [2.24, 2.45) is 0 Å². The molecule has 0 bridgehead atoms. The monoisotopic (exact) mass is 558 g/mol. The van der Waals surface area contributed by atoms with E-state index in [2.05, 4.69) is 65.9 Å². The van der Waals surface area contributed by atoms with Gasteiger partial charge in [-0.15, -0.1) is 0 Å². The molecule has 0 amide bonds. The Morgan fingerprint density at radius 3 is 1.42 bits per heavy atom. The summed E-state index contributed by atoms with van der Waals surface area (Å²) in [5.41, 5.74) is 3.39. The van der Waals surface area contributed by atoms with E-state index < -0.39 is 0 Å². The molecule has 0 saturated carbocycles. The molecule has 1 saturated heterocycles. The van der Waals surface area contributed by atoms with Gasteiger partial charge in [-0.1, -0.05) is 114 Å². The van der Waals surface area contributed by atoms with Gasteiger partial charge >= 0.3 is 0 Å². The van der Waals surface area contributed by atoms with Crippen LogP contribution in [0.3, 0.4) is 0 Å². The molecule has 33 heavy (non-hydrogen) atoms. The summed E-state index contributed by atoms with van der Waals surface area (Å²) in [6, 6.07) is 30.7. The Morgan fingerprint density at radius 2 is 1.00 bits per heavy atom. The first-order valence-electron chi connectivity index (χ1n) is 11.4. The number of ether oxygens (including phenoxy) is 4. The maximum absolute atomic E-state index is 6.54. The van der Waals surface area contributed by atoms with Crippen molar-refractivity contribution in [3.8, 4) is 0 Å². The Labute approximate surface area is 210 Å². The summed E-state index contributed by atoms with van der Waals surface area (Å²) >= 11 is 2.37. The van der Waals surface area contributed by atoms with Crippen LogP contribution in [0.25, 0.3) is 0 Å². The average molecular weight is 558 g/mol. The summed E-state index contributed by atoms with van der Waals surface area (Å²) in [6.45, 7) is 3.58. The zero-order valence-electron chi connectivity index (χ0n) is 18.9. The van der Waals surface area contributed by atoms with Crippen molar-refractivity contribution in [1.82, 2.24) is 0 Å². The van der Waals surface area contributed by atoms with Gasteiger partial charge in [-0.2, -0.15) is 0 Å². The first kappa shape index (κ1) is 24.4. The van der Waals surface area contributed by atoms with Crippen LogP contribution in [0.4, 0.5) is 0 Å². The van der Waals surface area contributed by atoms with Gasteiger partial charge in [-0.3, -0.25) is 0 Å². The average Bonchev–Trinajstić information content (AvgIpc) is 2.87. The summed E-state index contributed by atoms with van der Waals surface area (Å²) in [5.74, 6) is 0. The first-order valence-corrected chi connectivity index (χ1v) is 12.9. The molecule has 4 rings (SSSR count). The van der Waals surface area contributed by atoms with Gasteiger partial charge in [0.2, 0.25) is 0 Å². The van der Waals surface area contributed by atoms with E-state index in [0.717, 1.165) is 21.1 Å². The van der Waals surface area contributed by atoms with Crippen molar-refractivity contribution in [2.45, 2.75) is 57.3 Å². The first-order chi connectivity index (χ1) is 16.2. The Kier molecular flexibility index (Phi) is 9.32. The number of halogens is 1. The summed E-state index contributed by atoms with van der Waals surface area (Å²) in [4.78, 5) is 0. The van der Waals surface area contributed by atoms with Crippen LogP contribution in [0.5, 0.6) is 0 Å². The molecule has 0 radical (unpaired) electrons. The fraction of sp³-hybridized carbons (Fsp3) is 0.357. The van der Waals surface area contributed by atoms with Crippen LogP contribution in [0, 0.1) is 0 Å². The molecule has 4 nitrogen and oxygen atoms in total. The Hall–Kier alpha value is -1.77. The van der Waals surface area contributed by atoms with E-state index in [4.69, 9.17) is 18.9 Å². The zero-order chi connectivity index (χ0) is 22.9. The van der Waals surface area contributed by atoms with Gasteiger partial charge in [-0.05, 0) is 23.6 Å². The normalized spacial score (nSPS) is 25.1. The molecule has 3 aromatic rings. The third-order valence-corrected chi connectivity index (χ3v) is 6.74. The topological polar surface area (TPSA) is 36.9 Å². The number of hydrogen-bond acceptors (Lipinski definition) is 4. The number of rotatable bonds is 10. The van der Waals surface area contributed by atoms with Crippen LogP contribution in [-0.4, -0.2) is 34.9 Å². The van der Waals surface area contributed by atoms with E-state index >= 15 is 0 Å². The van der Waals surface area contributed by atoms with Crippen LogP contribution < -0.4 is 0 Å². The Bertz CT molecular complexity index is 938. The summed E-state index contributed by atoms with van der Waals surface area (Å²) in [5, 5.41) is 0. The van der Waals surface area contributed by atoms with Crippen molar-refractivity contribution in [1.29, 1.82) is 0 Å². The van der Waals surface area contributed by atoms with Crippen molar-refractivity contribution in [3.05, 3.63) is 108 Å². The minimum atomic E-state index is -0.249. The van der Waals surface area contributed by atoms with Crippen LogP contribution in [0.2, 0.25) is 0 Å². The predicted molar refractivity (Wildman–Crippen MR) is 138 cm³/mol. The van der Waals surface area contributed by atoms with E-state index in [-0.39, 0.29) is 30.5 Å². The molecule has 1 heterocycles. The number of alkyl halides is 1. The largest absolute Gasteiger partial charge is 0.369 e. The van der Waals surface area contributed by atoms with Crippen LogP contribution >= 0.6 is 22.6 Å². The van der Waals surface area contributed by atoms with E-state index in [1.807, 2.05) is 54.6 Å². The standard InChI is InChI=1S/C28H31IO4/c1-21-26(30-18-22-11-5-2-6-12-22)28(32-20-24-15-9-4-10-16-24)27(25(17-29)33-21)31-19-23-13-7-3-8-14-23/h2-16,21,25-28H,17-20H2,1H3/t21-,25-,26+,27+,28+/m0/s1. The highest BCUT2D eigenvalue weighted by Crippen LogP contribution is 2.31. The smallest absolute Gasteiger partial charge is 0.115 e. The lowest BCUT2D eigenvalue weighted by Gasteiger charge is -2.45. The summed E-state index contributed by atoms with van der Waals surface area (Å²) in [7, 11) is 0. The molecule has 0 aromatic heterocycles. The van der Waals surface area contributed by atoms with Crippen molar-refractivity contribution >= 4 is 22.6 Å². The van der Waals surface area contributed by atoms with Crippen molar-refractivity contribution < 1.29 is 18.9 Å². The van der Waals surface area contributed by atoms with Gasteiger partial charge in [0.15, 0.2) is 0 Å². The van der Waals surface area contributed by atoms with Gasteiger partial charge in [0.1, 0.15) is 18.3 Å². The maximum atomic E-state index is 6.54. The molecule has 1 aliphatic heterocycles. The van der Waals surface area contributed by atoms with E-state index in [1.165, 1.54) is 0 Å². The molecule has 0 unspecified atom stereocenters. The predicted octanol–water partition coefficient (Wildman–Crippen LogP) is 5.96. The summed E-state index contributed by atoms with van der Waals surface area (Å²) in [6.07, 6.45) is -0.898. The minimum absolute atomic E-state index is 0.0679. The molecule has 174 valence electrons. The molecule has 0 spiro atoms. The van der Waals surface area contributed by atoms with Gasteiger partial charge in [0.25, 0.3) is 0 Å². The van der Waals surface area contributed by atoms with E-state index in [9.17, 15) is 0 Å². The highest BCUT2D eigenvalue weighted by Gasteiger charge is 2.46. The molecule has 1 aliphatic rings. The maximum Gasteiger partial charge on any atom is 0.115 e. The lowest BCUT2D eigenvalue weighted by molar-refractivity contribution is -0.256. The molecular weight excluding hydrogens is 527 g/mol. The van der Waals surface area contributed by atoms with Crippen LogP contribution in [-0.2, 0) is 38.8 Å². The number of hydrogen-bond donors (Lipinski definition) is 0. The molecule has 1 fully saturated rings. The van der Waals surface area contributed by atoms with E-state index in [1.54, 1.807) is 0 Å². The molecule has 0 aliphatic carbocycles. The second-order valence-electron chi connectivity index (χ2n) is 8.32. The highest BCUT2D eigenvalue weighted by molar-refractivity contribution is 14.1. The van der Waals surface area contributed by atoms with Gasteiger partial charge in [-0.25, -0.2) is 0 Å². The molecular formula is C28H31IO4. The van der Waals surface area contributed by atoms with Crippen molar-refractivity contribution in [2.75, 3.05) is 4.43 Å². The molecule has 0 N–H and O–H groups in total. The fourth-order valence-electron chi connectivity index (χ4n) is 4.14. The lowest BCUT2D eigenvalue weighted by atomic mass is 9.95. The van der Waals surface area contributed by atoms with Crippen LogP contribution in [0.1, 0.15) is 23.6 Å². The van der Waals surface area contributed by atoms with Gasteiger partial charge < -0.3 is 18.9 Å². The number of benzene rings is 3. The summed E-state index contributed by atoms with van der Waals surface area (Å²) < 4.78 is 26.6. The van der Waals surface area contributed by atoms with Gasteiger partial charge in [0, 0.05) is 4.43 Å². The molecule has 3 aromatic carbocycles. The second kappa shape index (κ2) is 12.6. The quantitative estimate of drug-likeness (QED) is 0.227. The Balaban J connectivity index is 1.53. The minimum Gasteiger partial charge on any atom is -0.369 e. The third-order valence-electron chi connectivity index (χ3n) is 5.87. The molecule has 5 heteroatoms. The fourth-order valence-corrected chi connectivity index (χ4v) is 4.85. The molecule has 5 atom stereocenters. The lowest BCUT2D eigenvalue weighted by Crippen LogP contribution is -2.59.